The van der Waals surface area contributed by atoms with Gasteiger partial charge in [-0.3, -0.25) is 4.79 Å². The molecular weight excluding hydrogens is 483 g/mol. The number of nitrogens with zero attached hydrogens (tertiary/aromatic N) is 2. The third kappa shape index (κ3) is 6.02. The minimum Gasteiger partial charge on any atom is -0.496 e. The van der Waals surface area contributed by atoms with E-state index in [1.807, 2.05) is 12.1 Å². The molecule has 2 aromatic carbocycles. The molecule has 200 valence electrons. The number of hydrogen-bond donors (Lipinski definition) is 1. The summed E-state index contributed by atoms with van der Waals surface area (Å²) in [6, 6.07) is 8.97. The number of carbonyl (C=O) groups is 1. The number of esters is 1. The highest BCUT2D eigenvalue weighted by Gasteiger charge is 2.35. The molecule has 1 aromatic heterocycles. The molecular formula is C28H34F3N3O3. The number of aryl methyl sites for hydroxylation is 1. The fourth-order valence-corrected chi connectivity index (χ4v) is 5.71. The third-order valence-corrected chi connectivity index (χ3v) is 7.12. The van der Waals surface area contributed by atoms with Gasteiger partial charge >= 0.3 is 12.1 Å². The molecule has 37 heavy (non-hydrogen) atoms. The normalized spacial score (nSPS) is 19.6. The quantitative estimate of drug-likeness (QED) is 0.333. The summed E-state index contributed by atoms with van der Waals surface area (Å²) in [5.41, 5.74) is 2.40. The Bertz CT molecular complexity index is 1270. The van der Waals surface area contributed by atoms with Gasteiger partial charge in [-0.05, 0) is 72.9 Å². The lowest BCUT2D eigenvalue weighted by Crippen LogP contribution is -2.29. The van der Waals surface area contributed by atoms with Gasteiger partial charge in [0.1, 0.15) is 5.75 Å². The monoisotopic (exact) mass is 517 g/mol. The maximum absolute atomic E-state index is 13.1. The maximum Gasteiger partial charge on any atom is 0.416 e. The predicted octanol–water partition coefficient (Wildman–Crippen LogP) is 7.30. The summed E-state index contributed by atoms with van der Waals surface area (Å²) in [4.78, 5) is 16.6. The van der Waals surface area contributed by atoms with Gasteiger partial charge in [0.05, 0.1) is 30.8 Å². The van der Waals surface area contributed by atoms with Crippen LogP contribution in [0.25, 0.3) is 11.0 Å². The first kappa shape index (κ1) is 26.8. The number of nitrogens with one attached hydrogen (secondary N) is 1. The lowest BCUT2D eigenvalue weighted by atomic mass is 9.70. The number of methoxy groups -OCH3 is 2. The van der Waals surface area contributed by atoms with Gasteiger partial charge in [0.2, 0.25) is 5.95 Å². The second kappa shape index (κ2) is 10.3. The zero-order valence-corrected chi connectivity index (χ0v) is 21.9. The van der Waals surface area contributed by atoms with E-state index in [0.717, 1.165) is 48.0 Å². The van der Waals surface area contributed by atoms with Gasteiger partial charge in [0, 0.05) is 24.2 Å². The molecule has 0 saturated heterocycles. The van der Waals surface area contributed by atoms with Crippen molar-refractivity contribution in [1.82, 2.24) is 9.55 Å². The highest BCUT2D eigenvalue weighted by Crippen LogP contribution is 2.46. The lowest BCUT2D eigenvalue weighted by Gasteiger charge is -2.40. The van der Waals surface area contributed by atoms with Gasteiger partial charge in [-0.15, -0.1) is 0 Å². The van der Waals surface area contributed by atoms with Crippen LogP contribution < -0.4 is 10.1 Å². The van der Waals surface area contributed by atoms with Gasteiger partial charge in [-0.2, -0.15) is 13.2 Å². The number of rotatable bonds is 7. The first-order chi connectivity index (χ1) is 17.4. The molecule has 4 rings (SSSR count). The zero-order chi connectivity index (χ0) is 27.0. The van der Waals surface area contributed by atoms with Crippen molar-refractivity contribution in [3.63, 3.8) is 0 Å². The van der Waals surface area contributed by atoms with Gasteiger partial charge in [-0.25, -0.2) is 4.98 Å². The van der Waals surface area contributed by atoms with Crippen molar-refractivity contribution in [1.29, 1.82) is 0 Å². The van der Waals surface area contributed by atoms with E-state index >= 15 is 0 Å². The second-order valence-electron chi connectivity index (χ2n) is 10.8. The molecule has 0 aliphatic heterocycles. The van der Waals surface area contributed by atoms with Crippen molar-refractivity contribution < 1.29 is 27.4 Å². The molecule has 3 aromatic rings. The van der Waals surface area contributed by atoms with E-state index in [0.29, 0.717) is 29.7 Å². The minimum absolute atomic E-state index is 0.134. The van der Waals surface area contributed by atoms with Crippen LogP contribution in [0.5, 0.6) is 5.75 Å². The SMILES string of the molecule is COC(=O)CCc1cc2nc(Nc3ccc(C(F)(F)F)cc3)n(C3CC(C)CC(C)(C)C3)c2cc1OC. The number of alkyl halides is 3. The highest BCUT2D eigenvalue weighted by atomic mass is 19.4. The summed E-state index contributed by atoms with van der Waals surface area (Å²) in [7, 11) is 2.95. The predicted molar refractivity (Wildman–Crippen MR) is 137 cm³/mol. The van der Waals surface area contributed by atoms with Crippen molar-refractivity contribution in [3.8, 4) is 5.75 Å². The van der Waals surface area contributed by atoms with Crippen LogP contribution in [0.2, 0.25) is 0 Å². The number of anilines is 2. The van der Waals surface area contributed by atoms with Gasteiger partial charge in [0.25, 0.3) is 0 Å². The Morgan fingerprint density at radius 1 is 1.16 bits per heavy atom. The van der Waals surface area contributed by atoms with E-state index in [2.05, 4.69) is 30.7 Å². The number of imidazole rings is 1. The number of hydrogen-bond acceptors (Lipinski definition) is 5. The van der Waals surface area contributed by atoms with Crippen molar-refractivity contribution in [3.05, 3.63) is 47.5 Å². The Morgan fingerprint density at radius 2 is 1.86 bits per heavy atom. The number of benzene rings is 2. The fourth-order valence-electron chi connectivity index (χ4n) is 5.71. The molecule has 2 atom stereocenters. The summed E-state index contributed by atoms with van der Waals surface area (Å²) in [5.74, 6) is 1.42. The summed E-state index contributed by atoms with van der Waals surface area (Å²) >= 11 is 0. The third-order valence-electron chi connectivity index (χ3n) is 7.12. The molecule has 0 spiro atoms. The molecule has 0 bridgehead atoms. The Labute approximate surface area is 215 Å². The Kier molecular flexibility index (Phi) is 7.44. The van der Waals surface area contributed by atoms with E-state index < -0.39 is 11.7 Å². The maximum atomic E-state index is 13.1. The topological polar surface area (TPSA) is 65.4 Å². The van der Waals surface area contributed by atoms with Crippen molar-refractivity contribution >= 4 is 28.6 Å². The van der Waals surface area contributed by atoms with E-state index in [-0.39, 0.29) is 23.8 Å². The Morgan fingerprint density at radius 3 is 2.46 bits per heavy atom. The van der Waals surface area contributed by atoms with Gasteiger partial charge in [0.15, 0.2) is 0 Å². The summed E-state index contributed by atoms with van der Waals surface area (Å²) < 4.78 is 51.8. The number of halogens is 3. The second-order valence-corrected chi connectivity index (χ2v) is 10.8. The summed E-state index contributed by atoms with van der Waals surface area (Å²) in [6.07, 6.45) is -0.719. The van der Waals surface area contributed by atoms with Crippen molar-refractivity contribution in [2.24, 2.45) is 11.3 Å². The molecule has 0 radical (unpaired) electrons. The first-order valence-electron chi connectivity index (χ1n) is 12.5. The van der Waals surface area contributed by atoms with Crippen LogP contribution >= 0.6 is 0 Å². The Balaban J connectivity index is 1.79. The molecule has 9 heteroatoms. The van der Waals surface area contributed by atoms with Crippen LogP contribution in [-0.2, 0) is 22.1 Å². The number of carbonyl (C=O) groups excluding carboxylic acids is 1. The lowest BCUT2D eigenvalue weighted by molar-refractivity contribution is -0.140. The molecule has 1 aliphatic carbocycles. The molecule has 6 nitrogen and oxygen atoms in total. The van der Waals surface area contributed by atoms with Crippen molar-refractivity contribution in [2.45, 2.75) is 65.1 Å². The molecule has 1 saturated carbocycles. The highest BCUT2D eigenvalue weighted by molar-refractivity contribution is 5.83. The number of aromatic nitrogens is 2. The molecule has 2 unspecified atom stereocenters. The van der Waals surface area contributed by atoms with Crippen LogP contribution in [0.15, 0.2) is 36.4 Å². The average Bonchev–Trinajstić information content (AvgIpc) is 3.16. The van der Waals surface area contributed by atoms with Crippen LogP contribution in [-0.4, -0.2) is 29.7 Å². The van der Waals surface area contributed by atoms with E-state index in [9.17, 15) is 18.0 Å². The molecule has 1 fully saturated rings. The largest absolute Gasteiger partial charge is 0.496 e. The standard InChI is InChI=1S/C28H34F3N3O3/c1-17-12-21(16-27(2,3)15-17)34-23-14-24(36-4)18(6-11-25(35)37-5)13-22(23)33-26(34)32-20-9-7-19(8-10-20)28(29,30)31/h7-10,13-14,17,21H,6,11-12,15-16H2,1-5H3,(H,32,33). The van der Waals surface area contributed by atoms with Crippen molar-refractivity contribution in [2.75, 3.05) is 19.5 Å². The zero-order valence-electron chi connectivity index (χ0n) is 21.9. The number of fused-ring (bicyclic) bond motifs is 1. The first-order valence-corrected chi connectivity index (χ1v) is 12.5. The van der Waals surface area contributed by atoms with Gasteiger partial charge < -0.3 is 19.4 Å². The van der Waals surface area contributed by atoms with Gasteiger partial charge in [-0.1, -0.05) is 20.8 Å². The number of ether oxygens (including phenoxy) is 2. The molecule has 1 N–H and O–H groups in total. The molecule has 1 aliphatic rings. The average molecular weight is 518 g/mol. The van der Waals surface area contributed by atoms with Crippen LogP contribution in [0.4, 0.5) is 24.8 Å². The van der Waals surface area contributed by atoms with E-state index in [1.54, 1.807) is 7.11 Å². The smallest absolute Gasteiger partial charge is 0.416 e. The minimum atomic E-state index is -4.40. The van der Waals surface area contributed by atoms with Crippen LogP contribution in [0, 0.1) is 11.3 Å². The van der Waals surface area contributed by atoms with Crippen LogP contribution in [0.3, 0.4) is 0 Å². The Hall–Kier alpha value is -3.23. The fraction of sp³-hybridized carbons (Fsp3) is 0.500. The summed E-state index contributed by atoms with van der Waals surface area (Å²) in [5, 5.41) is 3.27. The van der Waals surface area contributed by atoms with Crippen LogP contribution in [0.1, 0.15) is 63.6 Å². The molecule has 0 amide bonds. The summed E-state index contributed by atoms with van der Waals surface area (Å²) in [6.45, 7) is 6.79. The molecule has 1 heterocycles. The van der Waals surface area contributed by atoms with E-state index in [1.165, 1.54) is 19.2 Å². The van der Waals surface area contributed by atoms with E-state index in [4.69, 9.17) is 14.5 Å².